The second-order valence-electron chi connectivity index (χ2n) is 8.34. The predicted octanol–water partition coefficient (Wildman–Crippen LogP) is 5.69. The number of aldehydes is 2. The Morgan fingerprint density at radius 2 is 1.59 bits per heavy atom. The lowest BCUT2D eigenvalue weighted by molar-refractivity contribution is 0.111. The summed E-state index contributed by atoms with van der Waals surface area (Å²) in [6, 6.07) is 18.7. The summed E-state index contributed by atoms with van der Waals surface area (Å²) >= 11 is 6.91. The van der Waals surface area contributed by atoms with E-state index in [0.717, 1.165) is 27.8 Å². The number of halogens is 1. The number of ether oxygens (including phenoxy) is 1. The number of aromatic nitrogens is 3. The minimum atomic E-state index is -0.410. The number of carbonyl (C=O) groups excluding carboxylic acids is 2. The van der Waals surface area contributed by atoms with Gasteiger partial charge >= 0.3 is 0 Å². The van der Waals surface area contributed by atoms with Gasteiger partial charge in [0, 0.05) is 23.5 Å². The summed E-state index contributed by atoms with van der Waals surface area (Å²) in [7, 11) is 1.46. The van der Waals surface area contributed by atoms with Gasteiger partial charge in [-0.1, -0.05) is 48.0 Å². The molecule has 5 aromatic rings. The Balaban J connectivity index is 1.62. The molecule has 2 aromatic carbocycles. The van der Waals surface area contributed by atoms with Gasteiger partial charge in [0.05, 0.1) is 29.0 Å². The van der Waals surface area contributed by atoms with Crippen molar-refractivity contribution in [3.63, 3.8) is 0 Å². The van der Waals surface area contributed by atoms with E-state index < -0.39 is 5.56 Å². The van der Waals surface area contributed by atoms with Gasteiger partial charge in [-0.05, 0) is 53.4 Å². The number of carbonyl (C=O) groups is 2. The summed E-state index contributed by atoms with van der Waals surface area (Å²) in [5.74, 6) is 0.233. The van der Waals surface area contributed by atoms with E-state index in [1.54, 1.807) is 18.3 Å². The molecule has 3 aromatic heterocycles. The van der Waals surface area contributed by atoms with Crippen LogP contribution in [0.1, 0.15) is 26.3 Å². The largest absolute Gasteiger partial charge is 0.480 e. The van der Waals surface area contributed by atoms with Crippen LogP contribution in [0.2, 0.25) is 5.02 Å². The number of pyridine rings is 2. The third-order valence-corrected chi connectivity index (χ3v) is 6.69. The van der Waals surface area contributed by atoms with Gasteiger partial charge in [0.1, 0.15) is 5.65 Å². The summed E-state index contributed by atoms with van der Waals surface area (Å²) in [6.45, 7) is 2.01. The topological polar surface area (TPSA) is 90.6 Å². The molecule has 0 aliphatic rings. The van der Waals surface area contributed by atoms with E-state index in [-0.39, 0.29) is 11.4 Å². The molecule has 37 heavy (non-hydrogen) atoms. The van der Waals surface area contributed by atoms with Crippen LogP contribution in [0.4, 0.5) is 0 Å². The molecule has 0 N–H and O–H groups in total. The molecule has 0 bridgehead atoms. The van der Waals surface area contributed by atoms with Crippen molar-refractivity contribution >= 4 is 29.8 Å². The first-order valence-corrected chi connectivity index (χ1v) is 11.7. The van der Waals surface area contributed by atoms with E-state index >= 15 is 0 Å². The zero-order chi connectivity index (χ0) is 26.1. The van der Waals surface area contributed by atoms with Gasteiger partial charge in [-0.3, -0.25) is 18.8 Å². The number of hydrogen-bond donors (Lipinski definition) is 0. The van der Waals surface area contributed by atoms with Crippen molar-refractivity contribution in [3.05, 3.63) is 105 Å². The first-order chi connectivity index (χ1) is 18.0. The predicted molar refractivity (Wildman–Crippen MR) is 143 cm³/mol. The van der Waals surface area contributed by atoms with Crippen LogP contribution >= 0.6 is 11.6 Å². The lowest BCUT2D eigenvalue weighted by Gasteiger charge is -2.16. The minimum absolute atomic E-state index is 0.00543. The number of rotatable bonds is 6. The van der Waals surface area contributed by atoms with Crippen molar-refractivity contribution in [2.45, 2.75) is 6.92 Å². The highest BCUT2D eigenvalue weighted by Crippen LogP contribution is 2.40. The summed E-state index contributed by atoms with van der Waals surface area (Å²) < 4.78 is 6.61. The first kappa shape index (κ1) is 24.1. The van der Waals surface area contributed by atoms with Gasteiger partial charge in [-0.25, -0.2) is 9.97 Å². The number of benzene rings is 2. The van der Waals surface area contributed by atoms with E-state index in [2.05, 4.69) is 9.97 Å². The lowest BCUT2D eigenvalue weighted by atomic mass is 9.92. The van der Waals surface area contributed by atoms with E-state index in [9.17, 15) is 14.4 Å². The molecule has 0 saturated heterocycles. The Hall–Kier alpha value is -4.62. The Kier molecular flexibility index (Phi) is 6.38. The van der Waals surface area contributed by atoms with Crippen LogP contribution in [0.5, 0.6) is 5.88 Å². The quantitative estimate of drug-likeness (QED) is 0.273. The summed E-state index contributed by atoms with van der Waals surface area (Å²) in [5, 5.41) is 0.518. The second kappa shape index (κ2) is 9.79. The second-order valence-corrected chi connectivity index (χ2v) is 8.72. The number of hydrogen-bond acceptors (Lipinski definition) is 6. The Bertz CT molecular complexity index is 1760. The van der Waals surface area contributed by atoms with Gasteiger partial charge in [-0.15, -0.1) is 0 Å². The van der Waals surface area contributed by atoms with Crippen molar-refractivity contribution in [1.29, 1.82) is 0 Å². The zero-order valence-electron chi connectivity index (χ0n) is 19.9. The smallest absolute Gasteiger partial charge is 0.268 e. The molecule has 5 rings (SSSR count). The maximum absolute atomic E-state index is 12.4. The summed E-state index contributed by atoms with van der Waals surface area (Å²) in [6.07, 6.45) is 4.11. The SMILES string of the molecule is COc1nc(-c2cccc(-c3cccc(-c4ccn5c(=O)c(C=O)cnc5c4)c3C)c2Cl)ccc1C=O. The molecule has 0 atom stereocenters. The average molecular weight is 510 g/mol. The van der Waals surface area contributed by atoms with Crippen LogP contribution in [0.15, 0.2) is 77.9 Å². The van der Waals surface area contributed by atoms with Gasteiger partial charge < -0.3 is 4.74 Å². The highest BCUT2D eigenvalue weighted by atomic mass is 35.5. The van der Waals surface area contributed by atoms with Gasteiger partial charge in [-0.2, -0.15) is 0 Å². The Labute approximate surface area is 217 Å². The van der Waals surface area contributed by atoms with Crippen LogP contribution in [0.3, 0.4) is 0 Å². The average Bonchev–Trinajstić information content (AvgIpc) is 2.93. The lowest BCUT2D eigenvalue weighted by Crippen LogP contribution is -2.18. The molecular weight excluding hydrogens is 490 g/mol. The fourth-order valence-electron chi connectivity index (χ4n) is 4.37. The molecule has 0 amide bonds. The van der Waals surface area contributed by atoms with Crippen LogP contribution in [0, 0.1) is 6.92 Å². The molecule has 0 saturated carbocycles. The number of nitrogens with zero attached hydrogens (tertiary/aromatic N) is 3. The fourth-order valence-corrected chi connectivity index (χ4v) is 4.69. The molecule has 7 nitrogen and oxygen atoms in total. The maximum Gasteiger partial charge on any atom is 0.268 e. The molecule has 3 heterocycles. The molecule has 8 heteroatoms. The normalized spacial score (nSPS) is 10.9. The maximum atomic E-state index is 12.4. The zero-order valence-corrected chi connectivity index (χ0v) is 20.7. The number of fused-ring (bicyclic) bond motifs is 1. The molecule has 0 aliphatic heterocycles. The Morgan fingerprint density at radius 3 is 2.32 bits per heavy atom. The highest BCUT2D eigenvalue weighted by molar-refractivity contribution is 6.36. The van der Waals surface area contributed by atoms with Gasteiger partial charge in [0.25, 0.3) is 5.56 Å². The summed E-state index contributed by atoms with van der Waals surface area (Å²) in [4.78, 5) is 43.5. The molecular formula is C29H20ClN3O4. The Morgan fingerprint density at radius 1 is 0.892 bits per heavy atom. The molecule has 0 fully saturated rings. The highest BCUT2D eigenvalue weighted by Gasteiger charge is 2.16. The standard InChI is InChI=1S/C29H20ClN3O4/c1-17-21(18-11-12-33-26(13-18)31-14-20(16-35)29(33)36)5-3-6-22(17)23-7-4-8-24(27(23)30)25-10-9-19(15-34)28(32-25)37-2/h3-16H,1-2H3. The van der Waals surface area contributed by atoms with Crippen molar-refractivity contribution in [2.75, 3.05) is 7.11 Å². The molecule has 0 unspecified atom stereocenters. The van der Waals surface area contributed by atoms with Gasteiger partial charge in [0.2, 0.25) is 5.88 Å². The minimum Gasteiger partial charge on any atom is -0.480 e. The number of methoxy groups -OCH3 is 1. The fraction of sp³-hybridized carbons (Fsp3) is 0.0690. The molecule has 182 valence electrons. The van der Waals surface area contributed by atoms with Crippen LogP contribution < -0.4 is 10.3 Å². The van der Waals surface area contributed by atoms with Crippen molar-refractivity contribution in [1.82, 2.24) is 14.4 Å². The molecule has 0 aliphatic carbocycles. The van der Waals surface area contributed by atoms with E-state index in [1.807, 2.05) is 55.5 Å². The van der Waals surface area contributed by atoms with Crippen molar-refractivity contribution in [3.8, 4) is 39.4 Å². The van der Waals surface area contributed by atoms with E-state index in [1.165, 1.54) is 17.7 Å². The van der Waals surface area contributed by atoms with Crippen LogP contribution in [-0.4, -0.2) is 34.1 Å². The monoisotopic (exact) mass is 509 g/mol. The third-order valence-electron chi connectivity index (χ3n) is 6.28. The van der Waals surface area contributed by atoms with Crippen molar-refractivity contribution in [2.24, 2.45) is 0 Å². The van der Waals surface area contributed by atoms with Crippen molar-refractivity contribution < 1.29 is 14.3 Å². The van der Waals surface area contributed by atoms with E-state index in [0.29, 0.717) is 40.1 Å². The first-order valence-electron chi connectivity index (χ1n) is 11.3. The summed E-state index contributed by atoms with van der Waals surface area (Å²) in [5.41, 5.74) is 6.25. The molecule has 0 spiro atoms. The van der Waals surface area contributed by atoms with Gasteiger partial charge in [0.15, 0.2) is 12.6 Å². The van der Waals surface area contributed by atoms with Crippen LogP contribution in [-0.2, 0) is 0 Å². The third kappa shape index (κ3) is 4.19. The van der Waals surface area contributed by atoms with E-state index in [4.69, 9.17) is 16.3 Å². The molecule has 0 radical (unpaired) electrons. The van der Waals surface area contributed by atoms with Crippen LogP contribution in [0.25, 0.3) is 39.2 Å².